The molecule has 1 aromatic heterocycles. The third-order valence-corrected chi connectivity index (χ3v) is 4.94. The molecular weight excluding hydrogens is 356 g/mol. The van der Waals surface area contributed by atoms with Crippen LogP contribution in [0, 0.1) is 13.8 Å². The Morgan fingerprint density at radius 3 is 2.54 bits per heavy atom. The number of hydrogen-bond donors (Lipinski definition) is 2. The summed E-state index contributed by atoms with van der Waals surface area (Å²) >= 11 is 0. The van der Waals surface area contributed by atoms with Gasteiger partial charge in [0.1, 0.15) is 5.82 Å². The first-order chi connectivity index (χ1) is 13.3. The van der Waals surface area contributed by atoms with Crippen LogP contribution in [0.15, 0.2) is 27.8 Å². The Labute approximate surface area is 165 Å². The molecule has 152 valence electrons. The standard InChI is InChI=1S/C21H30N4O3/c1-5-7-12-25-19(22)18(20(27)23-21(25)28)24(6-2)17(26)11-10-16-9-8-14(3)13-15(16)4/h8-9,13H,5-7,10-12,22H2,1-4H3,(H,23,27,28). The lowest BCUT2D eigenvalue weighted by Gasteiger charge is -2.23. The van der Waals surface area contributed by atoms with Gasteiger partial charge in [-0.2, -0.15) is 0 Å². The summed E-state index contributed by atoms with van der Waals surface area (Å²) in [6.45, 7) is 8.54. The molecule has 7 heteroatoms. The molecule has 7 nitrogen and oxygen atoms in total. The van der Waals surface area contributed by atoms with Crippen LogP contribution in [0.3, 0.4) is 0 Å². The largest absolute Gasteiger partial charge is 0.383 e. The molecule has 2 rings (SSSR count). The molecule has 0 spiro atoms. The van der Waals surface area contributed by atoms with E-state index in [1.165, 1.54) is 15.0 Å². The first kappa shape index (κ1) is 21.5. The molecule has 0 radical (unpaired) electrons. The topological polar surface area (TPSA) is 101 Å². The van der Waals surface area contributed by atoms with Gasteiger partial charge in [-0.3, -0.25) is 19.1 Å². The molecule has 0 fully saturated rings. The summed E-state index contributed by atoms with van der Waals surface area (Å²) in [5.74, 6) is -0.149. The average Bonchev–Trinajstić information content (AvgIpc) is 2.64. The molecule has 0 aliphatic rings. The van der Waals surface area contributed by atoms with Crippen molar-refractivity contribution in [1.82, 2.24) is 9.55 Å². The van der Waals surface area contributed by atoms with Gasteiger partial charge in [-0.1, -0.05) is 37.1 Å². The van der Waals surface area contributed by atoms with Crippen molar-refractivity contribution in [3.05, 3.63) is 55.7 Å². The lowest BCUT2D eigenvalue weighted by Crippen LogP contribution is -2.41. The Balaban J connectivity index is 2.29. The Hall–Kier alpha value is -2.83. The molecule has 28 heavy (non-hydrogen) atoms. The van der Waals surface area contributed by atoms with E-state index >= 15 is 0 Å². The van der Waals surface area contributed by atoms with E-state index in [2.05, 4.69) is 11.1 Å². The second kappa shape index (κ2) is 9.39. The molecule has 1 heterocycles. The minimum Gasteiger partial charge on any atom is -0.383 e. The number of rotatable bonds is 8. The summed E-state index contributed by atoms with van der Waals surface area (Å²) < 4.78 is 1.33. The Morgan fingerprint density at radius 1 is 1.21 bits per heavy atom. The molecule has 0 aliphatic heterocycles. The lowest BCUT2D eigenvalue weighted by atomic mass is 10.0. The summed E-state index contributed by atoms with van der Waals surface area (Å²) in [4.78, 5) is 41.1. The van der Waals surface area contributed by atoms with Crippen LogP contribution in [0.2, 0.25) is 0 Å². The van der Waals surface area contributed by atoms with Crippen molar-refractivity contribution in [3.63, 3.8) is 0 Å². The number of aromatic amines is 1. The van der Waals surface area contributed by atoms with Crippen LogP contribution >= 0.6 is 0 Å². The average molecular weight is 386 g/mol. The zero-order valence-electron chi connectivity index (χ0n) is 17.2. The van der Waals surface area contributed by atoms with E-state index in [0.29, 0.717) is 19.5 Å². The smallest absolute Gasteiger partial charge is 0.330 e. The molecule has 0 aliphatic carbocycles. The number of nitrogens with one attached hydrogen (secondary N) is 1. The number of benzene rings is 1. The second-order valence-corrected chi connectivity index (χ2v) is 7.07. The quantitative estimate of drug-likeness (QED) is 0.728. The van der Waals surface area contributed by atoms with Crippen molar-refractivity contribution in [2.24, 2.45) is 0 Å². The maximum absolute atomic E-state index is 12.9. The highest BCUT2D eigenvalue weighted by atomic mass is 16.2. The van der Waals surface area contributed by atoms with Gasteiger partial charge in [-0.15, -0.1) is 0 Å². The van der Waals surface area contributed by atoms with Crippen molar-refractivity contribution in [2.45, 2.75) is 59.9 Å². The van der Waals surface area contributed by atoms with Gasteiger partial charge in [0.2, 0.25) is 5.91 Å². The van der Waals surface area contributed by atoms with Gasteiger partial charge < -0.3 is 10.6 Å². The Bertz CT molecular complexity index is 959. The van der Waals surface area contributed by atoms with E-state index in [1.807, 2.05) is 32.9 Å². The predicted octanol–water partition coefficient (Wildman–Crippen LogP) is 2.52. The number of carbonyl (C=O) groups is 1. The van der Waals surface area contributed by atoms with Gasteiger partial charge in [0.15, 0.2) is 5.69 Å². The van der Waals surface area contributed by atoms with Crippen molar-refractivity contribution >= 4 is 17.4 Å². The van der Waals surface area contributed by atoms with Crippen LogP contribution in [0.1, 0.15) is 49.8 Å². The monoisotopic (exact) mass is 386 g/mol. The number of anilines is 2. The van der Waals surface area contributed by atoms with E-state index in [1.54, 1.807) is 6.92 Å². The van der Waals surface area contributed by atoms with E-state index in [9.17, 15) is 14.4 Å². The SMILES string of the molecule is CCCCn1c(N)c(N(CC)C(=O)CCc2ccc(C)cc2C)c(=O)[nH]c1=O. The van der Waals surface area contributed by atoms with Gasteiger partial charge in [0, 0.05) is 19.5 Å². The molecule has 0 bridgehead atoms. The number of H-pyrrole nitrogens is 1. The van der Waals surface area contributed by atoms with Crippen molar-refractivity contribution in [3.8, 4) is 0 Å². The fourth-order valence-corrected chi connectivity index (χ4v) is 3.34. The van der Waals surface area contributed by atoms with Crippen LogP contribution in [-0.2, 0) is 17.8 Å². The molecule has 2 aromatic rings. The van der Waals surface area contributed by atoms with Crippen LogP contribution in [0.4, 0.5) is 11.5 Å². The first-order valence-electron chi connectivity index (χ1n) is 9.79. The van der Waals surface area contributed by atoms with Crippen molar-refractivity contribution in [2.75, 3.05) is 17.2 Å². The van der Waals surface area contributed by atoms with Crippen LogP contribution in [0.5, 0.6) is 0 Å². The van der Waals surface area contributed by atoms with Crippen LogP contribution in [-0.4, -0.2) is 22.0 Å². The van der Waals surface area contributed by atoms with Gasteiger partial charge >= 0.3 is 5.69 Å². The van der Waals surface area contributed by atoms with Crippen LogP contribution in [0.25, 0.3) is 0 Å². The molecule has 0 unspecified atom stereocenters. The lowest BCUT2D eigenvalue weighted by molar-refractivity contribution is -0.118. The number of unbranched alkanes of at least 4 members (excludes halogenated alkanes) is 1. The summed E-state index contributed by atoms with van der Waals surface area (Å²) in [7, 11) is 0. The normalized spacial score (nSPS) is 10.9. The minimum atomic E-state index is -0.628. The molecule has 3 N–H and O–H groups in total. The number of carbonyl (C=O) groups excluding carboxylic acids is 1. The third-order valence-electron chi connectivity index (χ3n) is 4.94. The molecule has 0 saturated carbocycles. The number of nitrogens with zero attached hydrogens (tertiary/aromatic N) is 2. The number of amides is 1. The zero-order chi connectivity index (χ0) is 20.8. The summed E-state index contributed by atoms with van der Waals surface area (Å²) in [5, 5.41) is 0. The summed E-state index contributed by atoms with van der Waals surface area (Å²) in [6.07, 6.45) is 2.47. The zero-order valence-corrected chi connectivity index (χ0v) is 17.2. The first-order valence-corrected chi connectivity index (χ1v) is 9.79. The molecule has 0 atom stereocenters. The van der Waals surface area contributed by atoms with Gasteiger partial charge in [0.25, 0.3) is 5.56 Å². The summed E-state index contributed by atoms with van der Waals surface area (Å²) in [5.41, 5.74) is 8.44. The number of nitrogens with two attached hydrogens (primary N) is 1. The second-order valence-electron chi connectivity index (χ2n) is 7.07. The minimum absolute atomic E-state index is 0.0453. The van der Waals surface area contributed by atoms with E-state index < -0.39 is 11.2 Å². The molecule has 1 aromatic carbocycles. The Morgan fingerprint density at radius 2 is 1.93 bits per heavy atom. The molecular formula is C21H30N4O3. The molecule has 0 saturated heterocycles. The fourth-order valence-electron chi connectivity index (χ4n) is 3.34. The van der Waals surface area contributed by atoms with Crippen molar-refractivity contribution < 1.29 is 4.79 Å². The highest BCUT2D eigenvalue weighted by Crippen LogP contribution is 2.19. The van der Waals surface area contributed by atoms with Crippen LogP contribution < -0.4 is 21.9 Å². The maximum atomic E-state index is 12.9. The van der Waals surface area contributed by atoms with E-state index in [4.69, 9.17) is 5.73 Å². The van der Waals surface area contributed by atoms with Gasteiger partial charge in [-0.05, 0) is 44.7 Å². The van der Waals surface area contributed by atoms with Gasteiger partial charge in [-0.25, -0.2) is 4.79 Å². The fraction of sp³-hybridized carbons (Fsp3) is 0.476. The number of aryl methyl sites for hydroxylation is 3. The van der Waals surface area contributed by atoms with E-state index in [0.717, 1.165) is 24.0 Å². The Kier molecular flexibility index (Phi) is 7.20. The number of hydrogen-bond acceptors (Lipinski definition) is 4. The van der Waals surface area contributed by atoms with Crippen molar-refractivity contribution in [1.29, 1.82) is 0 Å². The van der Waals surface area contributed by atoms with Gasteiger partial charge in [0.05, 0.1) is 0 Å². The third kappa shape index (κ3) is 4.71. The highest BCUT2D eigenvalue weighted by Gasteiger charge is 2.22. The maximum Gasteiger partial charge on any atom is 0.330 e. The summed E-state index contributed by atoms with van der Waals surface area (Å²) in [6, 6.07) is 6.14. The predicted molar refractivity (Wildman–Crippen MR) is 113 cm³/mol. The highest BCUT2D eigenvalue weighted by molar-refractivity contribution is 5.95. The number of aromatic nitrogens is 2. The molecule has 1 amide bonds. The van der Waals surface area contributed by atoms with E-state index in [-0.39, 0.29) is 23.8 Å². The number of nitrogen functional groups attached to an aromatic ring is 1.